The Bertz CT molecular complexity index is 1660. The number of aryl methyl sites for hydroxylation is 1. The lowest BCUT2D eigenvalue weighted by molar-refractivity contribution is -0.0227. The highest BCUT2D eigenvalue weighted by Crippen LogP contribution is 2.50. The molecule has 5 aliphatic rings. The summed E-state index contributed by atoms with van der Waals surface area (Å²) < 4.78 is 44.1. The van der Waals surface area contributed by atoms with Crippen molar-refractivity contribution in [2.24, 2.45) is 17.8 Å². The van der Waals surface area contributed by atoms with E-state index in [4.69, 9.17) is 20.8 Å². The molecule has 1 N–H and O–H groups in total. The van der Waals surface area contributed by atoms with E-state index in [2.05, 4.69) is 55.6 Å². The van der Waals surface area contributed by atoms with Gasteiger partial charge in [-0.25, -0.2) is 13.1 Å². The van der Waals surface area contributed by atoms with Crippen LogP contribution in [0.1, 0.15) is 93.6 Å². The lowest BCUT2D eigenvalue weighted by Crippen LogP contribution is -2.55. The summed E-state index contributed by atoms with van der Waals surface area (Å²) in [5.74, 6) is 1.08. The maximum Gasteiger partial charge on any atom is 0.264 e. The van der Waals surface area contributed by atoms with Crippen molar-refractivity contribution < 1.29 is 22.4 Å². The maximum atomic E-state index is 13.8. The number of benzene rings is 2. The molecule has 7 rings (SSSR count). The minimum Gasteiger partial charge on any atom is -0.490 e. The summed E-state index contributed by atoms with van der Waals surface area (Å²) in [6.45, 7) is 13.6. The van der Waals surface area contributed by atoms with Gasteiger partial charge in [0.15, 0.2) is 8.32 Å². The highest BCUT2D eigenvalue weighted by atomic mass is 35.5. The van der Waals surface area contributed by atoms with Crippen LogP contribution in [-0.4, -0.2) is 53.7 Å². The third kappa shape index (κ3) is 6.16. The molecule has 1 amide bonds. The van der Waals surface area contributed by atoms with Crippen LogP contribution in [0.25, 0.3) is 0 Å². The van der Waals surface area contributed by atoms with Crippen LogP contribution in [-0.2, 0) is 26.3 Å². The fourth-order valence-corrected chi connectivity index (χ4v) is 12.0. The molecule has 256 valence electrons. The van der Waals surface area contributed by atoms with Crippen molar-refractivity contribution in [3.05, 3.63) is 58.1 Å². The lowest BCUT2D eigenvalue weighted by atomic mass is 9.65. The smallest absolute Gasteiger partial charge is 0.264 e. The van der Waals surface area contributed by atoms with Crippen molar-refractivity contribution in [2.75, 3.05) is 24.6 Å². The summed E-state index contributed by atoms with van der Waals surface area (Å²) in [7, 11) is -6.04. The van der Waals surface area contributed by atoms with Crippen LogP contribution in [0.2, 0.25) is 23.2 Å². The van der Waals surface area contributed by atoms with E-state index in [1.165, 1.54) is 11.1 Å². The topological polar surface area (TPSA) is 84.9 Å². The number of amides is 1. The molecule has 2 heterocycles. The van der Waals surface area contributed by atoms with Crippen molar-refractivity contribution in [2.45, 2.75) is 113 Å². The van der Waals surface area contributed by atoms with Gasteiger partial charge in [-0.05, 0) is 129 Å². The van der Waals surface area contributed by atoms with Gasteiger partial charge in [-0.2, -0.15) is 0 Å². The number of fused-ring (bicyclic) bond motifs is 6. The molecule has 2 fully saturated rings. The third-order valence-corrected chi connectivity index (χ3v) is 19.2. The van der Waals surface area contributed by atoms with E-state index in [1.54, 1.807) is 6.07 Å². The summed E-state index contributed by atoms with van der Waals surface area (Å²) in [4.78, 5) is 16.1. The molecule has 0 aromatic heterocycles. The molecule has 4 bridgehead atoms. The fourth-order valence-electron chi connectivity index (χ4n) is 8.88. The van der Waals surface area contributed by atoms with Gasteiger partial charge in [0.05, 0.1) is 23.6 Å². The van der Waals surface area contributed by atoms with Gasteiger partial charge >= 0.3 is 0 Å². The molecule has 7 nitrogen and oxygen atoms in total. The van der Waals surface area contributed by atoms with E-state index >= 15 is 0 Å². The number of sulfonamides is 1. The Morgan fingerprint density at radius 2 is 1.85 bits per heavy atom. The molecule has 47 heavy (non-hydrogen) atoms. The average molecular weight is 699 g/mol. The first-order valence-corrected chi connectivity index (χ1v) is 22.5. The summed E-state index contributed by atoms with van der Waals surface area (Å²) in [6.07, 6.45) is 8.18. The van der Waals surface area contributed by atoms with Crippen LogP contribution in [0.4, 0.5) is 5.69 Å². The predicted molar refractivity (Wildman–Crippen MR) is 191 cm³/mol. The third-order valence-electron chi connectivity index (χ3n) is 12.7. The van der Waals surface area contributed by atoms with Gasteiger partial charge in [0.25, 0.3) is 5.91 Å². The first-order valence-electron chi connectivity index (χ1n) is 17.7. The van der Waals surface area contributed by atoms with Crippen LogP contribution >= 0.6 is 11.6 Å². The number of rotatable bonds is 2. The number of carbonyl (C=O) groups excluding carboxylic acids is 1. The zero-order valence-corrected chi connectivity index (χ0v) is 31.2. The summed E-state index contributed by atoms with van der Waals surface area (Å²) in [5.41, 5.74) is 3.60. The molecule has 10 heteroatoms. The zero-order valence-electron chi connectivity index (χ0n) is 28.6. The van der Waals surface area contributed by atoms with Crippen LogP contribution < -0.4 is 14.4 Å². The van der Waals surface area contributed by atoms with Crippen LogP contribution in [0.3, 0.4) is 0 Å². The Labute approximate surface area is 287 Å². The van der Waals surface area contributed by atoms with Crippen LogP contribution in [0, 0.1) is 17.8 Å². The minimum atomic E-state index is -3.87. The first kappa shape index (κ1) is 33.4. The van der Waals surface area contributed by atoms with Crippen molar-refractivity contribution >= 4 is 41.5 Å². The molecule has 6 atom stereocenters. The van der Waals surface area contributed by atoms with E-state index < -0.39 is 29.5 Å². The average Bonchev–Trinajstić information content (AvgIpc) is 3.14. The molecule has 3 aliphatic carbocycles. The second-order valence-corrected chi connectivity index (χ2v) is 23.8. The van der Waals surface area contributed by atoms with E-state index in [9.17, 15) is 13.2 Å². The molecule has 2 saturated carbocycles. The monoisotopic (exact) mass is 698 g/mol. The molecular weight excluding hydrogens is 648 g/mol. The quantitative estimate of drug-likeness (QED) is 0.322. The standard InChI is InChI=1S/C37H51ClN2O5SSi/c1-36(2,3)47(4,5)45-34-25-8-6-10-29(19-25)46(42,43)39-35(41)26-12-16-33-32(20-26)40(21-27-11-14-30(27)34)22-37(23-44-33)17-7-9-24-18-28(38)13-15-31(24)37/h12-13,15-16,18,20,25,27,29-30,34H,6-11,14,17,19,21-23H2,1-5H3,(H,39,41)/t25-,27+,29-,30-,34-,37+/m1/s1. The Hall–Kier alpha value is -2.07. The lowest BCUT2D eigenvalue weighted by Gasteiger charge is -2.52. The Morgan fingerprint density at radius 3 is 2.60 bits per heavy atom. The van der Waals surface area contributed by atoms with E-state index in [0.717, 1.165) is 74.5 Å². The molecular formula is C37H51ClN2O5SSi. The van der Waals surface area contributed by atoms with E-state index in [-0.39, 0.29) is 22.5 Å². The van der Waals surface area contributed by atoms with Gasteiger partial charge < -0.3 is 14.1 Å². The van der Waals surface area contributed by atoms with Gasteiger partial charge in [-0.15, -0.1) is 0 Å². The molecule has 2 aliphatic heterocycles. The summed E-state index contributed by atoms with van der Waals surface area (Å²) in [6, 6.07) is 11.7. The summed E-state index contributed by atoms with van der Waals surface area (Å²) >= 11 is 6.47. The van der Waals surface area contributed by atoms with Gasteiger partial charge in [0.2, 0.25) is 10.0 Å². The van der Waals surface area contributed by atoms with E-state index in [0.29, 0.717) is 36.8 Å². The fraction of sp³-hybridized carbons (Fsp3) is 0.649. The van der Waals surface area contributed by atoms with Crippen LogP contribution in [0.5, 0.6) is 5.75 Å². The Kier molecular flexibility index (Phi) is 8.58. The number of nitrogens with zero attached hydrogens (tertiary/aromatic N) is 1. The highest BCUT2D eigenvalue weighted by molar-refractivity contribution is 7.90. The van der Waals surface area contributed by atoms with E-state index in [1.807, 2.05) is 18.2 Å². The normalized spacial score (nSPS) is 32.1. The van der Waals surface area contributed by atoms with Crippen molar-refractivity contribution in [1.29, 1.82) is 0 Å². The first-order chi connectivity index (χ1) is 22.2. The largest absolute Gasteiger partial charge is 0.490 e. The van der Waals surface area contributed by atoms with Gasteiger partial charge in [-0.3, -0.25) is 4.79 Å². The molecule has 0 unspecified atom stereocenters. The predicted octanol–water partition coefficient (Wildman–Crippen LogP) is 7.86. The number of halogens is 1. The van der Waals surface area contributed by atoms with Crippen LogP contribution in [0.15, 0.2) is 36.4 Å². The number of hydrogen-bond acceptors (Lipinski definition) is 6. The second kappa shape index (κ2) is 12.1. The summed E-state index contributed by atoms with van der Waals surface area (Å²) in [5, 5.41) is 0.204. The Morgan fingerprint density at radius 1 is 1.04 bits per heavy atom. The molecule has 0 radical (unpaired) electrons. The SMILES string of the molecule is CC(C)(C)[Si](C)(C)O[C@@H]1[C@@H]2CCC[C@H](C2)S(=O)(=O)NC(=O)c2ccc3c(c2)N(C[C@@H]2CC[C@H]21)C[C@@]1(CCCc2cc(Cl)ccc21)CO3. The number of carbonyl (C=O) groups is 1. The second-order valence-electron chi connectivity index (χ2n) is 16.7. The number of nitrogens with one attached hydrogen (secondary N) is 1. The zero-order chi connectivity index (χ0) is 33.4. The van der Waals surface area contributed by atoms with Crippen molar-refractivity contribution in [1.82, 2.24) is 4.72 Å². The van der Waals surface area contributed by atoms with Crippen molar-refractivity contribution in [3.8, 4) is 5.75 Å². The minimum absolute atomic E-state index is 0.00632. The number of hydrogen-bond donors (Lipinski definition) is 1. The van der Waals surface area contributed by atoms with Crippen molar-refractivity contribution in [3.63, 3.8) is 0 Å². The van der Waals surface area contributed by atoms with Gasteiger partial charge in [0.1, 0.15) is 5.75 Å². The molecule has 1 spiro atoms. The highest BCUT2D eigenvalue weighted by Gasteiger charge is 2.50. The molecule has 2 aromatic rings. The van der Waals surface area contributed by atoms with Gasteiger partial charge in [-0.1, -0.05) is 44.9 Å². The van der Waals surface area contributed by atoms with Gasteiger partial charge in [0, 0.05) is 29.1 Å². The molecule has 0 saturated heterocycles. The maximum absolute atomic E-state index is 13.8. The number of ether oxygens (including phenoxy) is 1. The number of anilines is 1. The Balaban J connectivity index is 1.32. The molecule has 2 aromatic carbocycles.